The Bertz CT molecular complexity index is 377. The Kier molecular flexibility index (Phi) is 2.48. The molecule has 0 radical (unpaired) electrons. The highest BCUT2D eigenvalue weighted by molar-refractivity contribution is 5.51. The number of nitriles is 1. The second-order valence-electron chi connectivity index (χ2n) is 3.54. The summed E-state index contributed by atoms with van der Waals surface area (Å²) in [7, 11) is 1.62. The quantitative estimate of drug-likeness (QED) is 0.808. The molecule has 15 heavy (non-hydrogen) atoms. The average Bonchev–Trinajstić information content (AvgIpc) is 2.24. The van der Waals surface area contributed by atoms with Crippen molar-refractivity contribution < 1.29 is 9.47 Å². The summed E-state index contributed by atoms with van der Waals surface area (Å²) >= 11 is 0. The highest BCUT2D eigenvalue weighted by atomic mass is 16.5. The molecule has 4 nitrogen and oxygen atoms in total. The van der Waals surface area contributed by atoms with Gasteiger partial charge in [-0.1, -0.05) is 0 Å². The number of methoxy groups -OCH3 is 1. The van der Waals surface area contributed by atoms with Crippen molar-refractivity contribution in [2.75, 3.05) is 25.6 Å². The van der Waals surface area contributed by atoms with Crippen LogP contribution in [0.5, 0.6) is 5.75 Å². The van der Waals surface area contributed by atoms with Crippen molar-refractivity contribution >= 4 is 5.69 Å². The minimum absolute atomic E-state index is 0.440. The van der Waals surface area contributed by atoms with Crippen molar-refractivity contribution in [3.8, 4) is 11.8 Å². The third-order valence-electron chi connectivity index (χ3n) is 2.38. The maximum Gasteiger partial charge on any atom is 0.172 e. The van der Waals surface area contributed by atoms with Crippen LogP contribution in [0.1, 0.15) is 0 Å². The summed E-state index contributed by atoms with van der Waals surface area (Å²) in [6.07, 6.45) is 0. The topological polar surface area (TPSA) is 54.3 Å². The normalized spacial score (nSPS) is 17.3. The van der Waals surface area contributed by atoms with Gasteiger partial charge in [-0.25, -0.2) is 0 Å². The van der Waals surface area contributed by atoms with Gasteiger partial charge in [-0.3, -0.25) is 0 Å². The predicted molar refractivity (Wildman–Crippen MR) is 55.8 cm³/mol. The Morgan fingerprint density at radius 1 is 1.40 bits per heavy atom. The molecule has 0 unspecified atom stereocenters. The fraction of sp³-hybridized carbons (Fsp3) is 0.364. The third kappa shape index (κ3) is 1.88. The predicted octanol–water partition coefficient (Wildman–Crippen LogP) is 1.40. The van der Waals surface area contributed by atoms with Gasteiger partial charge in [0, 0.05) is 5.69 Å². The van der Waals surface area contributed by atoms with E-state index in [1.807, 2.05) is 24.3 Å². The summed E-state index contributed by atoms with van der Waals surface area (Å²) in [5, 5.41) is 12.1. The van der Waals surface area contributed by atoms with E-state index < -0.39 is 5.54 Å². The second-order valence-corrected chi connectivity index (χ2v) is 3.54. The molecule has 1 N–H and O–H groups in total. The molecule has 0 atom stereocenters. The van der Waals surface area contributed by atoms with E-state index in [0.29, 0.717) is 13.2 Å². The van der Waals surface area contributed by atoms with E-state index in [1.54, 1.807) is 7.11 Å². The highest BCUT2D eigenvalue weighted by Crippen LogP contribution is 2.23. The van der Waals surface area contributed by atoms with Gasteiger partial charge >= 0.3 is 0 Å². The highest BCUT2D eigenvalue weighted by Gasteiger charge is 2.38. The van der Waals surface area contributed by atoms with Crippen LogP contribution in [0.25, 0.3) is 0 Å². The number of ether oxygens (including phenoxy) is 2. The van der Waals surface area contributed by atoms with Gasteiger partial charge in [0.1, 0.15) is 5.75 Å². The fourth-order valence-corrected chi connectivity index (χ4v) is 1.42. The summed E-state index contributed by atoms with van der Waals surface area (Å²) in [6.45, 7) is 0.880. The number of hydrogen-bond acceptors (Lipinski definition) is 4. The Hall–Kier alpha value is -1.73. The van der Waals surface area contributed by atoms with Crippen molar-refractivity contribution in [2.45, 2.75) is 5.54 Å². The fourth-order valence-electron chi connectivity index (χ4n) is 1.42. The van der Waals surface area contributed by atoms with Gasteiger partial charge in [0.05, 0.1) is 26.4 Å². The zero-order valence-corrected chi connectivity index (χ0v) is 8.49. The van der Waals surface area contributed by atoms with E-state index in [9.17, 15) is 0 Å². The van der Waals surface area contributed by atoms with Crippen LogP contribution >= 0.6 is 0 Å². The Balaban J connectivity index is 2.08. The molecular formula is C11H12N2O2. The van der Waals surface area contributed by atoms with Gasteiger partial charge in [0.25, 0.3) is 0 Å². The van der Waals surface area contributed by atoms with Gasteiger partial charge in [0.2, 0.25) is 0 Å². The molecule has 1 heterocycles. The van der Waals surface area contributed by atoms with Gasteiger partial charge < -0.3 is 14.8 Å². The molecule has 4 heteroatoms. The molecule has 0 aromatic heterocycles. The number of rotatable bonds is 3. The van der Waals surface area contributed by atoms with Gasteiger partial charge in [-0.2, -0.15) is 5.26 Å². The maximum atomic E-state index is 8.98. The lowest BCUT2D eigenvalue weighted by molar-refractivity contribution is -0.0132. The summed E-state index contributed by atoms with van der Waals surface area (Å²) in [4.78, 5) is 0. The van der Waals surface area contributed by atoms with Crippen LogP contribution in [0.15, 0.2) is 24.3 Å². The first kappa shape index (κ1) is 9.81. The first-order valence-corrected chi connectivity index (χ1v) is 4.69. The van der Waals surface area contributed by atoms with Crippen LogP contribution in [0.4, 0.5) is 5.69 Å². The van der Waals surface area contributed by atoms with Crippen LogP contribution in [0.3, 0.4) is 0 Å². The van der Waals surface area contributed by atoms with Crippen LogP contribution in [0, 0.1) is 11.3 Å². The van der Waals surface area contributed by atoms with Crippen molar-refractivity contribution in [2.24, 2.45) is 0 Å². The summed E-state index contributed by atoms with van der Waals surface area (Å²) < 4.78 is 10.1. The molecule has 0 spiro atoms. The molecular weight excluding hydrogens is 192 g/mol. The third-order valence-corrected chi connectivity index (χ3v) is 2.38. The second kappa shape index (κ2) is 3.79. The van der Waals surface area contributed by atoms with Crippen molar-refractivity contribution in [3.05, 3.63) is 24.3 Å². The first-order chi connectivity index (χ1) is 7.28. The van der Waals surface area contributed by atoms with E-state index in [1.165, 1.54) is 0 Å². The van der Waals surface area contributed by atoms with Crippen LogP contribution in [-0.2, 0) is 4.74 Å². The van der Waals surface area contributed by atoms with E-state index >= 15 is 0 Å². The molecule has 0 amide bonds. The van der Waals surface area contributed by atoms with Gasteiger partial charge in [-0.15, -0.1) is 0 Å². The number of anilines is 1. The lowest BCUT2D eigenvalue weighted by atomic mass is 9.99. The molecule has 1 aliphatic rings. The zero-order valence-electron chi connectivity index (χ0n) is 8.49. The zero-order chi connectivity index (χ0) is 10.7. The van der Waals surface area contributed by atoms with E-state index in [-0.39, 0.29) is 0 Å². The molecule has 1 aromatic rings. The minimum atomic E-state index is -0.547. The van der Waals surface area contributed by atoms with Crippen molar-refractivity contribution in [3.63, 3.8) is 0 Å². The summed E-state index contributed by atoms with van der Waals surface area (Å²) in [5.74, 6) is 0.802. The monoisotopic (exact) mass is 204 g/mol. The summed E-state index contributed by atoms with van der Waals surface area (Å²) in [6, 6.07) is 9.70. The SMILES string of the molecule is COc1ccc(NC2(C#N)COC2)cc1. The molecule has 1 fully saturated rings. The average molecular weight is 204 g/mol. The standard InChI is InChI=1S/C11H12N2O2/c1-14-10-4-2-9(3-5-10)13-11(6-12)7-15-8-11/h2-5,13H,7-8H2,1H3. The Morgan fingerprint density at radius 3 is 2.47 bits per heavy atom. The Morgan fingerprint density at radius 2 is 2.07 bits per heavy atom. The van der Waals surface area contributed by atoms with Crippen LogP contribution < -0.4 is 10.1 Å². The Labute approximate surface area is 88.4 Å². The van der Waals surface area contributed by atoms with Crippen LogP contribution in [0.2, 0.25) is 0 Å². The molecule has 1 aliphatic heterocycles. The first-order valence-electron chi connectivity index (χ1n) is 4.69. The molecule has 0 bridgehead atoms. The summed E-state index contributed by atoms with van der Waals surface area (Å²) in [5.41, 5.74) is 0.356. The van der Waals surface area contributed by atoms with Gasteiger partial charge in [-0.05, 0) is 24.3 Å². The van der Waals surface area contributed by atoms with E-state index in [4.69, 9.17) is 14.7 Å². The molecule has 2 rings (SSSR count). The largest absolute Gasteiger partial charge is 0.497 e. The molecule has 1 aromatic carbocycles. The van der Waals surface area contributed by atoms with Crippen LogP contribution in [-0.4, -0.2) is 25.9 Å². The number of nitrogens with zero attached hydrogens (tertiary/aromatic N) is 1. The minimum Gasteiger partial charge on any atom is -0.497 e. The molecule has 1 saturated heterocycles. The van der Waals surface area contributed by atoms with E-state index in [2.05, 4.69) is 11.4 Å². The number of benzene rings is 1. The van der Waals surface area contributed by atoms with E-state index in [0.717, 1.165) is 11.4 Å². The smallest absolute Gasteiger partial charge is 0.172 e. The lowest BCUT2D eigenvalue weighted by Crippen LogP contribution is -2.54. The van der Waals surface area contributed by atoms with Gasteiger partial charge in [0.15, 0.2) is 5.54 Å². The molecule has 0 saturated carbocycles. The number of hydrogen-bond donors (Lipinski definition) is 1. The van der Waals surface area contributed by atoms with Crippen molar-refractivity contribution in [1.29, 1.82) is 5.26 Å². The van der Waals surface area contributed by atoms with Crippen molar-refractivity contribution in [1.82, 2.24) is 0 Å². The maximum absolute atomic E-state index is 8.98. The lowest BCUT2D eigenvalue weighted by Gasteiger charge is -2.36. The molecule has 0 aliphatic carbocycles. The number of nitrogens with one attached hydrogen (secondary N) is 1. The molecule has 78 valence electrons.